The van der Waals surface area contributed by atoms with Gasteiger partial charge in [0.05, 0.1) is 6.07 Å². The second-order valence-corrected chi connectivity index (χ2v) is 6.63. The fourth-order valence-electron chi connectivity index (χ4n) is 3.19. The van der Waals surface area contributed by atoms with Gasteiger partial charge in [0.1, 0.15) is 0 Å². The van der Waals surface area contributed by atoms with Gasteiger partial charge in [-0.1, -0.05) is 72.0 Å². The van der Waals surface area contributed by atoms with Crippen LogP contribution >= 0.6 is 0 Å². The third kappa shape index (κ3) is 10.6. The van der Waals surface area contributed by atoms with Crippen molar-refractivity contribution in [1.29, 1.82) is 5.26 Å². The number of hydrogen-bond donors (Lipinski definition) is 0. The Labute approximate surface area is 133 Å². The topological polar surface area (TPSA) is 23.8 Å². The highest BCUT2D eigenvalue weighted by Gasteiger charge is 2.20. The van der Waals surface area contributed by atoms with Gasteiger partial charge in [-0.25, -0.2) is 0 Å². The SMILES string of the molecule is CCCC(C)C(CC=CCCCCCCC#N)C(C)CC. The Hall–Kier alpha value is -0.770. The molecule has 0 aliphatic carbocycles. The molecule has 1 nitrogen and oxygen atoms in total. The molecule has 21 heavy (non-hydrogen) atoms. The van der Waals surface area contributed by atoms with E-state index in [4.69, 9.17) is 5.26 Å². The number of allylic oxidation sites excluding steroid dienone is 2. The van der Waals surface area contributed by atoms with Gasteiger partial charge in [-0.15, -0.1) is 0 Å². The predicted molar refractivity (Wildman–Crippen MR) is 94.1 cm³/mol. The van der Waals surface area contributed by atoms with E-state index in [-0.39, 0.29) is 0 Å². The molecule has 0 radical (unpaired) electrons. The van der Waals surface area contributed by atoms with Gasteiger partial charge in [0.25, 0.3) is 0 Å². The summed E-state index contributed by atoms with van der Waals surface area (Å²) < 4.78 is 0. The van der Waals surface area contributed by atoms with Gasteiger partial charge in [-0.2, -0.15) is 5.26 Å². The van der Waals surface area contributed by atoms with Crippen LogP contribution in [-0.4, -0.2) is 0 Å². The lowest BCUT2D eigenvalue weighted by atomic mass is 9.78. The molecule has 0 N–H and O–H groups in total. The number of nitrogens with zero attached hydrogens (tertiary/aromatic N) is 1. The molecule has 0 rings (SSSR count). The average molecular weight is 292 g/mol. The molecular weight excluding hydrogens is 254 g/mol. The van der Waals surface area contributed by atoms with Crippen molar-refractivity contribution >= 4 is 0 Å². The molecule has 3 unspecified atom stereocenters. The van der Waals surface area contributed by atoms with Gasteiger partial charge < -0.3 is 0 Å². The van der Waals surface area contributed by atoms with Gasteiger partial charge in [0.15, 0.2) is 0 Å². The molecule has 0 aliphatic heterocycles. The normalized spacial score (nSPS) is 15.8. The summed E-state index contributed by atoms with van der Waals surface area (Å²) in [5.41, 5.74) is 0. The molecule has 0 spiro atoms. The van der Waals surface area contributed by atoms with Crippen molar-refractivity contribution in [3.63, 3.8) is 0 Å². The molecule has 0 aromatic heterocycles. The maximum Gasteiger partial charge on any atom is 0.0621 e. The van der Waals surface area contributed by atoms with E-state index in [1.54, 1.807) is 0 Å². The first-order valence-electron chi connectivity index (χ1n) is 9.19. The Morgan fingerprint density at radius 1 is 0.952 bits per heavy atom. The minimum atomic E-state index is 0.724. The fourth-order valence-corrected chi connectivity index (χ4v) is 3.19. The Morgan fingerprint density at radius 3 is 2.29 bits per heavy atom. The molecule has 0 heterocycles. The lowest BCUT2D eigenvalue weighted by Gasteiger charge is -2.28. The minimum absolute atomic E-state index is 0.724. The van der Waals surface area contributed by atoms with E-state index in [0.717, 1.165) is 30.6 Å². The lowest BCUT2D eigenvalue weighted by Crippen LogP contribution is -2.18. The maximum absolute atomic E-state index is 8.48. The maximum atomic E-state index is 8.48. The van der Waals surface area contributed by atoms with Crippen molar-refractivity contribution in [1.82, 2.24) is 0 Å². The van der Waals surface area contributed by atoms with Gasteiger partial charge in [0.2, 0.25) is 0 Å². The van der Waals surface area contributed by atoms with Crippen LogP contribution in [0.15, 0.2) is 12.2 Å². The summed E-state index contributed by atoms with van der Waals surface area (Å²) in [5, 5.41) is 8.48. The number of hydrogen-bond acceptors (Lipinski definition) is 1. The third-order valence-corrected chi connectivity index (χ3v) is 4.83. The highest BCUT2D eigenvalue weighted by atomic mass is 14.3. The van der Waals surface area contributed by atoms with E-state index in [2.05, 4.69) is 45.9 Å². The Bertz CT molecular complexity index is 287. The Balaban J connectivity index is 3.90. The van der Waals surface area contributed by atoms with Gasteiger partial charge in [0, 0.05) is 6.42 Å². The van der Waals surface area contributed by atoms with Gasteiger partial charge in [-0.05, 0) is 43.4 Å². The van der Waals surface area contributed by atoms with Crippen LogP contribution in [-0.2, 0) is 0 Å². The van der Waals surface area contributed by atoms with Crippen LogP contribution in [0.4, 0.5) is 0 Å². The summed E-state index contributed by atoms with van der Waals surface area (Å²) in [4.78, 5) is 0. The van der Waals surface area contributed by atoms with Crippen molar-refractivity contribution in [3.05, 3.63) is 12.2 Å². The van der Waals surface area contributed by atoms with Crippen molar-refractivity contribution in [3.8, 4) is 6.07 Å². The van der Waals surface area contributed by atoms with Gasteiger partial charge >= 0.3 is 0 Å². The standard InChI is InChI=1S/C20H37N/c1-5-15-19(4)20(18(3)6-2)16-13-11-9-7-8-10-12-14-17-21/h11,13,18-20H,5-10,12,14-16H2,1-4H3. The van der Waals surface area contributed by atoms with Crippen LogP contribution in [0.3, 0.4) is 0 Å². The molecule has 0 saturated heterocycles. The zero-order valence-electron chi connectivity index (χ0n) is 14.9. The van der Waals surface area contributed by atoms with Crippen LogP contribution in [0.1, 0.15) is 91.9 Å². The summed E-state index contributed by atoms with van der Waals surface area (Å²) in [7, 11) is 0. The smallest absolute Gasteiger partial charge is 0.0621 e. The second-order valence-electron chi connectivity index (χ2n) is 6.63. The summed E-state index contributed by atoms with van der Waals surface area (Å²) >= 11 is 0. The molecular formula is C20H37N. The molecule has 0 amide bonds. The van der Waals surface area contributed by atoms with Crippen LogP contribution in [0, 0.1) is 29.1 Å². The summed E-state index contributed by atoms with van der Waals surface area (Å²) in [6, 6.07) is 2.21. The van der Waals surface area contributed by atoms with Gasteiger partial charge in [-0.3, -0.25) is 0 Å². The highest BCUT2D eigenvalue weighted by Crippen LogP contribution is 2.30. The Morgan fingerprint density at radius 2 is 1.67 bits per heavy atom. The average Bonchev–Trinajstić information content (AvgIpc) is 2.48. The van der Waals surface area contributed by atoms with Crippen molar-refractivity contribution in [2.45, 2.75) is 91.9 Å². The number of rotatable bonds is 13. The monoisotopic (exact) mass is 291 g/mol. The number of unbranched alkanes of at least 4 members (excludes halogenated alkanes) is 5. The first-order valence-corrected chi connectivity index (χ1v) is 9.19. The van der Waals surface area contributed by atoms with E-state index < -0.39 is 0 Å². The molecule has 3 atom stereocenters. The first kappa shape index (κ1) is 20.2. The van der Waals surface area contributed by atoms with Crippen LogP contribution < -0.4 is 0 Å². The van der Waals surface area contributed by atoms with E-state index in [0.29, 0.717) is 0 Å². The van der Waals surface area contributed by atoms with Crippen molar-refractivity contribution < 1.29 is 0 Å². The predicted octanol–water partition coefficient (Wildman–Crippen LogP) is 6.90. The molecule has 0 aromatic carbocycles. The Kier molecular flexibility index (Phi) is 13.7. The van der Waals surface area contributed by atoms with E-state index in [1.807, 2.05) is 0 Å². The number of nitriles is 1. The van der Waals surface area contributed by atoms with Crippen LogP contribution in [0.2, 0.25) is 0 Å². The third-order valence-electron chi connectivity index (χ3n) is 4.83. The largest absolute Gasteiger partial charge is 0.198 e. The zero-order valence-corrected chi connectivity index (χ0v) is 14.9. The highest BCUT2D eigenvalue weighted by molar-refractivity contribution is 4.87. The molecule has 1 heteroatoms. The molecule has 0 aromatic rings. The van der Waals surface area contributed by atoms with Crippen LogP contribution in [0.5, 0.6) is 0 Å². The molecule has 0 fully saturated rings. The van der Waals surface area contributed by atoms with Crippen molar-refractivity contribution in [2.24, 2.45) is 17.8 Å². The molecule has 0 bridgehead atoms. The van der Waals surface area contributed by atoms with E-state index in [1.165, 1.54) is 51.4 Å². The summed E-state index contributed by atoms with van der Waals surface area (Å²) in [6.07, 6.45) is 16.8. The first-order chi connectivity index (χ1) is 10.2. The fraction of sp³-hybridized carbons (Fsp3) is 0.850. The van der Waals surface area contributed by atoms with Crippen LogP contribution in [0.25, 0.3) is 0 Å². The molecule has 0 aliphatic rings. The van der Waals surface area contributed by atoms with E-state index in [9.17, 15) is 0 Å². The molecule has 0 saturated carbocycles. The van der Waals surface area contributed by atoms with E-state index >= 15 is 0 Å². The minimum Gasteiger partial charge on any atom is -0.198 e. The zero-order chi connectivity index (χ0) is 15.9. The lowest BCUT2D eigenvalue weighted by molar-refractivity contribution is 0.238. The quantitative estimate of drug-likeness (QED) is 0.267. The summed E-state index contributed by atoms with van der Waals surface area (Å²) in [6.45, 7) is 9.47. The van der Waals surface area contributed by atoms with Crippen molar-refractivity contribution in [2.75, 3.05) is 0 Å². The second kappa shape index (κ2) is 14.2. The summed E-state index contributed by atoms with van der Waals surface area (Å²) in [5.74, 6) is 2.53. The molecule has 122 valence electrons.